The van der Waals surface area contributed by atoms with Crippen molar-refractivity contribution in [3.63, 3.8) is 0 Å². The molecule has 0 spiro atoms. The molecule has 5 heteroatoms. The van der Waals surface area contributed by atoms with Gasteiger partial charge in [-0.15, -0.1) is 0 Å². The fraction of sp³-hybridized carbons (Fsp3) is 0.174. The van der Waals surface area contributed by atoms with E-state index in [0.717, 1.165) is 27.9 Å². The van der Waals surface area contributed by atoms with E-state index < -0.39 is 5.97 Å². The molecule has 1 atom stereocenters. The lowest BCUT2D eigenvalue weighted by atomic mass is 9.83. The first-order valence-electron chi connectivity index (χ1n) is 9.02. The largest absolute Gasteiger partial charge is 0.478 e. The molecule has 0 amide bonds. The van der Waals surface area contributed by atoms with Gasteiger partial charge in [-0.2, -0.15) is 0 Å². The van der Waals surface area contributed by atoms with Gasteiger partial charge in [0.25, 0.3) is 0 Å². The summed E-state index contributed by atoms with van der Waals surface area (Å²) in [6, 6.07) is 18.6. The van der Waals surface area contributed by atoms with Gasteiger partial charge in [0.2, 0.25) is 0 Å². The summed E-state index contributed by atoms with van der Waals surface area (Å²) in [6.45, 7) is 3.93. The van der Waals surface area contributed by atoms with E-state index in [4.69, 9.17) is 0 Å². The molecule has 0 aliphatic carbocycles. The van der Waals surface area contributed by atoms with Gasteiger partial charge in [-0.1, -0.05) is 41.6 Å². The molecule has 0 aliphatic heterocycles. The third kappa shape index (κ3) is 4.26. The normalized spacial score (nSPS) is 12.6. The van der Waals surface area contributed by atoms with Crippen LogP contribution in [0.15, 0.2) is 72.0 Å². The molecule has 0 radical (unpaired) electrons. The smallest absolute Gasteiger partial charge is 0.335 e. The molecule has 2 aromatic carbocycles. The van der Waals surface area contributed by atoms with E-state index in [2.05, 4.69) is 16.2 Å². The lowest BCUT2D eigenvalue weighted by Crippen LogP contribution is -2.12. The van der Waals surface area contributed by atoms with Gasteiger partial charge in [0.15, 0.2) is 0 Å². The van der Waals surface area contributed by atoms with Gasteiger partial charge in [0, 0.05) is 29.8 Å². The van der Waals surface area contributed by atoms with E-state index >= 15 is 0 Å². The Morgan fingerprint density at radius 2 is 1.75 bits per heavy atom. The number of hydrogen-bond donors (Lipinski definition) is 2. The Kier molecular flexibility index (Phi) is 5.84. The molecule has 0 saturated carbocycles. The monoisotopic (exact) mass is 374 g/mol. The number of hydrogen-bond acceptors (Lipinski definition) is 4. The Balaban J connectivity index is 2.03. The van der Waals surface area contributed by atoms with Gasteiger partial charge in [-0.25, -0.2) is 4.79 Å². The lowest BCUT2D eigenvalue weighted by molar-refractivity contribution is 0.0697. The minimum Gasteiger partial charge on any atom is -0.478 e. The van der Waals surface area contributed by atoms with Crippen LogP contribution in [-0.4, -0.2) is 27.0 Å². The zero-order valence-corrected chi connectivity index (χ0v) is 15.8. The van der Waals surface area contributed by atoms with Crippen LogP contribution >= 0.6 is 0 Å². The summed E-state index contributed by atoms with van der Waals surface area (Å²) in [4.78, 5) is 15.4. The molecule has 0 bridgehead atoms. The molecule has 0 saturated heterocycles. The molecule has 0 unspecified atom stereocenters. The predicted octanol–water partition coefficient (Wildman–Crippen LogP) is 4.80. The predicted molar refractivity (Wildman–Crippen MR) is 108 cm³/mol. The fourth-order valence-corrected chi connectivity index (χ4v) is 3.38. The maximum atomic E-state index is 11.2. The van der Waals surface area contributed by atoms with Gasteiger partial charge in [-0.05, 0) is 54.8 Å². The quantitative estimate of drug-likeness (QED) is 0.369. The summed E-state index contributed by atoms with van der Waals surface area (Å²) in [5.41, 5.74) is 5.66. The van der Waals surface area contributed by atoms with Crippen LogP contribution in [0, 0.1) is 13.8 Å². The Morgan fingerprint density at radius 1 is 1.04 bits per heavy atom. The number of nitrogens with zero attached hydrogens (tertiary/aromatic N) is 2. The van der Waals surface area contributed by atoms with Crippen molar-refractivity contribution in [2.75, 3.05) is 0 Å². The molecular weight excluding hydrogens is 352 g/mol. The highest BCUT2D eigenvalue weighted by Gasteiger charge is 2.20. The maximum Gasteiger partial charge on any atom is 0.335 e. The van der Waals surface area contributed by atoms with Crippen LogP contribution in [0.1, 0.15) is 50.6 Å². The number of aromatic carboxylic acids is 1. The van der Waals surface area contributed by atoms with Gasteiger partial charge < -0.3 is 10.3 Å². The molecule has 5 nitrogen and oxygen atoms in total. The zero-order chi connectivity index (χ0) is 20.1. The molecule has 2 N–H and O–H groups in total. The molecule has 3 rings (SSSR count). The average molecular weight is 374 g/mol. The summed E-state index contributed by atoms with van der Waals surface area (Å²) in [5, 5.41) is 22.4. The van der Waals surface area contributed by atoms with Crippen molar-refractivity contribution in [1.82, 2.24) is 4.98 Å². The number of aryl methyl sites for hydroxylation is 2. The van der Waals surface area contributed by atoms with Gasteiger partial charge >= 0.3 is 5.97 Å². The van der Waals surface area contributed by atoms with Crippen molar-refractivity contribution in [3.05, 3.63) is 100 Å². The van der Waals surface area contributed by atoms with Crippen LogP contribution in [0.25, 0.3) is 0 Å². The number of pyridine rings is 1. The summed E-state index contributed by atoms with van der Waals surface area (Å²) < 4.78 is 0. The third-order valence-corrected chi connectivity index (χ3v) is 4.87. The van der Waals surface area contributed by atoms with Crippen molar-refractivity contribution in [1.29, 1.82) is 0 Å². The Hall–Kier alpha value is -3.47. The van der Waals surface area contributed by atoms with Gasteiger partial charge in [0.1, 0.15) is 0 Å². The van der Waals surface area contributed by atoms with Crippen LogP contribution in [0.2, 0.25) is 0 Å². The van der Waals surface area contributed by atoms with Crippen molar-refractivity contribution < 1.29 is 15.1 Å². The summed E-state index contributed by atoms with van der Waals surface area (Å²) >= 11 is 0. The van der Waals surface area contributed by atoms with Crippen LogP contribution in [0.5, 0.6) is 0 Å². The standard InChI is InChI=1S/C23H22N2O3/c1-15-5-3-4-6-20(15)21(17-7-9-18(10-8-17)23(26)27)14-22(25-28)19-11-12-24-16(2)13-19/h3-13,21,28H,14H2,1-2H3,(H,26,27)/t21-/m1/s1. The lowest BCUT2D eigenvalue weighted by Gasteiger charge is -2.21. The number of carbonyl (C=O) groups is 1. The van der Waals surface area contributed by atoms with Crippen LogP contribution in [0.3, 0.4) is 0 Å². The summed E-state index contributed by atoms with van der Waals surface area (Å²) in [6.07, 6.45) is 2.16. The molecule has 1 aromatic heterocycles. The van der Waals surface area contributed by atoms with E-state index in [-0.39, 0.29) is 11.5 Å². The number of rotatable bonds is 6. The van der Waals surface area contributed by atoms with Crippen molar-refractivity contribution in [2.24, 2.45) is 5.16 Å². The molecule has 142 valence electrons. The van der Waals surface area contributed by atoms with Crippen LogP contribution in [-0.2, 0) is 0 Å². The minimum atomic E-state index is -0.955. The molecule has 0 fully saturated rings. The number of aromatic nitrogens is 1. The Bertz CT molecular complexity index is 1010. The fourth-order valence-electron chi connectivity index (χ4n) is 3.38. The number of oxime groups is 1. The first-order chi connectivity index (χ1) is 13.5. The Labute approximate surface area is 164 Å². The number of carboxylic acid groups (broad SMARTS) is 1. The molecule has 1 heterocycles. The van der Waals surface area contributed by atoms with Crippen LogP contribution < -0.4 is 0 Å². The average Bonchev–Trinajstić information content (AvgIpc) is 2.70. The topological polar surface area (TPSA) is 82.8 Å². The first-order valence-corrected chi connectivity index (χ1v) is 9.02. The second-order valence-corrected chi connectivity index (χ2v) is 6.77. The van der Waals surface area contributed by atoms with Crippen molar-refractivity contribution >= 4 is 11.7 Å². The number of carboxylic acids is 1. The van der Waals surface area contributed by atoms with Crippen molar-refractivity contribution in [2.45, 2.75) is 26.2 Å². The van der Waals surface area contributed by atoms with Crippen LogP contribution in [0.4, 0.5) is 0 Å². The SMILES string of the molecule is Cc1cc(C(C[C@H](c2ccc(C(=O)O)cc2)c2ccccc2C)=NO)ccn1. The van der Waals surface area contributed by atoms with Gasteiger partial charge in [0.05, 0.1) is 11.3 Å². The summed E-state index contributed by atoms with van der Waals surface area (Å²) in [7, 11) is 0. The second-order valence-electron chi connectivity index (χ2n) is 6.77. The molecule has 28 heavy (non-hydrogen) atoms. The van der Waals surface area contributed by atoms with E-state index in [1.807, 2.05) is 56.3 Å². The highest BCUT2D eigenvalue weighted by atomic mass is 16.4. The molecule has 0 aliphatic rings. The zero-order valence-electron chi connectivity index (χ0n) is 15.8. The van der Waals surface area contributed by atoms with E-state index in [0.29, 0.717) is 12.1 Å². The maximum absolute atomic E-state index is 11.2. The molecular formula is C23H22N2O3. The van der Waals surface area contributed by atoms with Crippen molar-refractivity contribution in [3.8, 4) is 0 Å². The Morgan fingerprint density at radius 3 is 2.36 bits per heavy atom. The van der Waals surface area contributed by atoms with Gasteiger partial charge in [-0.3, -0.25) is 4.98 Å². The second kappa shape index (κ2) is 8.48. The third-order valence-electron chi connectivity index (χ3n) is 4.87. The highest BCUT2D eigenvalue weighted by molar-refractivity contribution is 6.01. The first kappa shape index (κ1) is 19.3. The molecule has 3 aromatic rings. The number of benzene rings is 2. The van der Waals surface area contributed by atoms with E-state index in [1.54, 1.807) is 18.3 Å². The minimum absolute atomic E-state index is 0.0802. The van der Waals surface area contributed by atoms with E-state index in [9.17, 15) is 15.1 Å². The highest BCUT2D eigenvalue weighted by Crippen LogP contribution is 2.32. The summed E-state index contributed by atoms with van der Waals surface area (Å²) in [5.74, 6) is -1.03. The van der Waals surface area contributed by atoms with E-state index in [1.165, 1.54) is 0 Å².